The number of anilines is 2. The van der Waals surface area contributed by atoms with Gasteiger partial charge in [-0.1, -0.05) is 160 Å². The largest absolute Gasteiger partial charge is 0.355 e. The fourth-order valence-corrected chi connectivity index (χ4v) is 12.3. The van der Waals surface area contributed by atoms with Gasteiger partial charge < -0.3 is 9.88 Å². The molecule has 2 nitrogen and oxygen atoms in total. The fourth-order valence-electron chi connectivity index (χ4n) is 12.3. The number of nitrogens with one attached hydrogen (secondary N) is 1. The first-order chi connectivity index (χ1) is 29.8. The third-order valence-electron chi connectivity index (χ3n) is 16.3. The standard InChI is InChI=1S/C60H58BN2/c1-56(2,3)34-20-22-35(23-21-34)62-51-32-49-48(57(4,5)26-27-58(49,6)7)29-42(51)38-24-25-39-43-28-40-36-16-12-14-18-44(36)60(10,11)47(40)33-52(43)63-53-30-41-37-17-13-15-19-45(37)59(8,9)46(41)31-50(53)61-54(38)55(39)63/h12-25,28-33,62H,26-27H2,1-11H3. The van der Waals surface area contributed by atoms with Gasteiger partial charge in [0.15, 0.2) is 7.28 Å². The van der Waals surface area contributed by atoms with Gasteiger partial charge in [-0.15, -0.1) is 0 Å². The van der Waals surface area contributed by atoms with Crippen LogP contribution >= 0.6 is 0 Å². The smallest absolute Gasteiger partial charge is 0.197 e. The van der Waals surface area contributed by atoms with Crippen molar-refractivity contribution in [1.29, 1.82) is 0 Å². The monoisotopic (exact) mass is 817 g/mol. The van der Waals surface area contributed by atoms with E-state index in [2.05, 4.69) is 215 Å². The second kappa shape index (κ2) is 12.5. The van der Waals surface area contributed by atoms with Crippen LogP contribution in [0.15, 0.2) is 121 Å². The Bertz CT molecular complexity index is 3310. The number of benzene rings is 7. The number of hydrogen-bond donors (Lipinski definition) is 1. The molecule has 0 saturated carbocycles. The maximum absolute atomic E-state index is 4.03. The minimum atomic E-state index is -0.106. The van der Waals surface area contributed by atoms with Crippen molar-refractivity contribution in [2.75, 3.05) is 5.32 Å². The van der Waals surface area contributed by atoms with Crippen LogP contribution in [0.3, 0.4) is 0 Å². The lowest BCUT2D eigenvalue weighted by Gasteiger charge is -2.42. The summed E-state index contributed by atoms with van der Waals surface area (Å²) in [5, 5.41) is 6.65. The van der Waals surface area contributed by atoms with Gasteiger partial charge in [0.25, 0.3) is 0 Å². The average Bonchev–Trinajstić information content (AvgIpc) is 3.78. The Kier molecular flexibility index (Phi) is 7.69. The van der Waals surface area contributed by atoms with E-state index in [9.17, 15) is 0 Å². The number of nitrogens with zero attached hydrogens (tertiary/aromatic N) is 1. The van der Waals surface area contributed by atoms with E-state index >= 15 is 0 Å². The molecule has 8 aromatic rings. The van der Waals surface area contributed by atoms with Crippen LogP contribution < -0.4 is 16.2 Å². The Balaban J connectivity index is 1.16. The van der Waals surface area contributed by atoms with Crippen molar-refractivity contribution in [2.24, 2.45) is 0 Å². The van der Waals surface area contributed by atoms with Crippen molar-refractivity contribution in [3.05, 3.63) is 160 Å². The van der Waals surface area contributed by atoms with E-state index in [-0.39, 0.29) is 27.1 Å². The van der Waals surface area contributed by atoms with Crippen LogP contribution in [-0.4, -0.2) is 11.8 Å². The van der Waals surface area contributed by atoms with Crippen molar-refractivity contribution >= 4 is 51.4 Å². The third-order valence-corrected chi connectivity index (χ3v) is 16.3. The molecule has 1 N–H and O–H groups in total. The summed E-state index contributed by atoms with van der Waals surface area (Å²) >= 11 is 0. The number of hydrogen-bond acceptors (Lipinski definition) is 1. The van der Waals surface area contributed by atoms with Gasteiger partial charge in [-0.25, -0.2) is 0 Å². The van der Waals surface area contributed by atoms with E-state index in [1.807, 2.05) is 0 Å². The summed E-state index contributed by atoms with van der Waals surface area (Å²) in [6.45, 7) is 26.3. The predicted octanol–water partition coefficient (Wildman–Crippen LogP) is 14.4. The minimum absolute atomic E-state index is 0.0594. The zero-order valence-corrected chi connectivity index (χ0v) is 39.0. The summed E-state index contributed by atoms with van der Waals surface area (Å²) in [4.78, 5) is 0. The van der Waals surface area contributed by atoms with Gasteiger partial charge in [0.1, 0.15) is 0 Å². The average molecular weight is 818 g/mol. The van der Waals surface area contributed by atoms with Crippen molar-refractivity contribution in [3.8, 4) is 39.1 Å². The molecule has 1 aromatic heterocycles. The molecule has 0 spiro atoms. The highest BCUT2D eigenvalue weighted by Gasteiger charge is 2.41. The minimum Gasteiger partial charge on any atom is -0.355 e. The first kappa shape index (κ1) is 38.8. The molecule has 2 heterocycles. The van der Waals surface area contributed by atoms with Gasteiger partial charge in [-0.2, -0.15) is 0 Å². The van der Waals surface area contributed by atoms with Crippen LogP contribution in [0.1, 0.15) is 128 Å². The predicted molar refractivity (Wildman–Crippen MR) is 270 cm³/mol. The summed E-state index contributed by atoms with van der Waals surface area (Å²) in [6, 6.07) is 47.3. The van der Waals surface area contributed by atoms with E-state index in [4.69, 9.17) is 0 Å². The maximum atomic E-state index is 4.03. The quantitative estimate of drug-likeness (QED) is 0.176. The summed E-state index contributed by atoms with van der Waals surface area (Å²) in [7, 11) is 2.54. The van der Waals surface area contributed by atoms with Crippen LogP contribution in [0.2, 0.25) is 0 Å². The molecular weight excluding hydrogens is 759 g/mol. The molecule has 12 rings (SSSR count). The summed E-state index contributed by atoms with van der Waals surface area (Å²) < 4.78 is 2.65. The Labute approximate surface area is 375 Å². The van der Waals surface area contributed by atoms with Crippen LogP contribution in [0, 0.1) is 0 Å². The summed E-state index contributed by atoms with van der Waals surface area (Å²) in [5.41, 5.74) is 26.6. The second-order valence-electron chi connectivity index (χ2n) is 22.8. The highest BCUT2D eigenvalue weighted by atomic mass is 15.0. The number of rotatable bonds is 3. The lowest BCUT2D eigenvalue weighted by Crippen LogP contribution is -2.38. The molecule has 4 aliphatic rings. The van der Waals surface area contributed by atoms with Crippen LogP contribution in [0.4, 0.5) is 11.4 Å². The van der Waals surface area contributed by atoms with Crippen LogP contribution in [-0.2, 0) is 27.1 Å². The SMILES string of the molecule is CC(C)(C)c1ccc(Nc2cc3c(cc2-c2ccc4c5cc6c(cc5n5c4c2[B]c2cc4c(cc2-5)-c2ccccc2C4(C)C)C(C)(C)c2ccccc2-6)C(C)(C)CCC3(C)C)cc1. The number of aromatic nitrogens is 1. The summed E-state index contributed by atoms with van der Waals surface area (Å²) in [6.07, 6.45) is 2.34. The number of fused-ring (bicyclic) bond motifs is 12. The van der Waals surface area contributed by atoms with Crippen LogP contribution in [0.5, 0.6) is 0 Å². The van der Waals surface area contributed by atoms with Gasteiger partial charge in [-0.3, -0.25) is 0 Å². The molecule has 311 valence electrons. The Morgan fingerprint density at radius 2 is 1.10 bits per heavy atom. The highest BCUT2D eigenvalue weighted by molar-refractivity contribution is 6.73. The van der Waals surface area contributed by atoms with Crippen molar-refractivity contribution in [1.82, 2.24) is 4.57 Å². The second-order valence-corrected chi connectivity index (χ2v) is 22.8. The van der Waals surface area contributed by atoms with Crippen molar-refractivity contribution < 1.29 is 0 Å². The molecule has 0 fully saturated rings. The van der Waals surface area contributed by atoms with E-state index in [0.717, 1.165) is 5.69 Å². The molecule has 1 radical (unpaired) electrons. The lowest BCUT2D eigenvalue weighted by atomic mass is 9.57. The maximum Gasteiger partial charge on any atom is 0.197 e. The highest BCUT2D eigenvalue weighted by Crippen LogP contribution is 2.54. The zero-order chi connectivity index (χ0) is 43.7. The van der Waals surface area contributed by atoms with Gasteiger partial charge in [0.2, 0.25) is 0 Å². The Morgan fingerprint density at radius 3 is 1.73 bits per heavy atom. The first-order valence-corrected chi connectivity index (χ1v) is 23.3. The Hall–Kier alpha value is -5.80. The molecule has 7 aromatic carbocycles. The van der Waals surface area contributed by atoms with E-state index in [1.165, 1.54) is 129 Å². The van der Waals surface area contributed by atoms with Gasteiger partial charge in [0.05, 0.1) is 5.52 Å². The van der Waals surface area contributed by atoms with Crippen molar-refractivity contribution in [2.45, 2.75) is 116 Å². The van der Waals surface area contributed by atoms with E-state index in [1.54, 1.807) is 0 Å². The molecular formula is C60H58BN2. The molecule has 3 aliphatic carbocycles. The van der Waals surface area contributed by atoms with Gasteiger partial charge in [0, 0.05) is 49.7 Å². The third kappa shape index (κ3) is 5.32. The molecule has 0 amide bonds. The molecule has 3 heteroatoms. The fraction of sp³-hybridized carbons (Fsp3) is 0.300. The van der Waals surface area contributed by atoms with Crippen molar-refractivity contribution in [3.63, 3.8) is 0 Å². The van der Waals surface area contributed by atoms with E-state index < -0.39 is 0 Å². The summed E-state index contributed by atoms with van der Waals surface area (Å²) in [5.74, 6) is 0. The topological polar surface area (TPSA) is 17.0 Å². The van der Waals surface area contributed by atoms with Gasteiger partial charge in [-0.05, 0) is 144 Å². The lowest BCUT2D eigenvalue weighted by molar-refractivity contribution is 0.332. The molecule has 0 unspecified atom stereocenters. The Morgan fingerprint density at radius 1 is 0.508 bits per heavy atom. The van der Waals surface area contributed by atoms with Gasteiger partial charge >= 0.3 is 0 Å². The first-order valence-electron chi connectivity index (χ1n) is 23.3. The zero-order valence-electron chi connectivity index (χ0n) is 39.0. The molecule has 63 heavy (non-hydrogen) atoms. The molecule has 1 aliphatic heterocycles. The molecule has 0 atom stereocenters. The van der Waals surface area contributed by atoms with E-state index in [0.29, 0.717) is 0 Å². The normalized spacial score (nSPS) is 17.6. The molecule has 0 bridgehead atoms. The molecule has 0 saturated heterocycles. The van der Waals surface area contributed by atoms with Crippen LogP contribution in [0.25, 0.3) is 60.9 Å².